The summed E-state index contributed by atoms with van der Waals surface area (Å²) < 4.78 is 41.9. The highest BCUT2D eigenvalue weighted by Gasteiger charge is 2.31. The van der Waals surface area contributed by atoms with E-state index in [2.05, 4.69) is 42.0 Å². The number of carbonyl (C=O) groups is 2. The molecule has 7 rings (SSSR count). The number of ether oxygens (including phenoxy) is 1. The van der Waals surface area contributed by atoms with Crippen LogP contribution in [-0.2, 0) is 6.18 Å². The van der Waals surface area contributed by atoms with E-state index in [4.69, 9.17) is 38.2 Å². The van der Waals surface area contributed by atoms with E-state index in [1.54, 1.807) is 59.8 Å². The molecule has 5 aromatic rings. The van der Waals surface area contributed by atoms with Crippen molar-refractivity contribution in [1.29, 1.82) is 0 Å². The van der Waals surface area contributed by atoms with Gasteiger partial charge in [-0.2, -0.15) is 13.2 Å². The van der Waals surface area contributed by atoms with Gasteiger partial charge in [-0.25, -0.2) is 19.6 Å². The second-order valence-corrected chi connectivity index (χ2v) is 16.7. The van der Waals surface area contributed by atoms with E-state index < -0.39 is 55.5 Å². The molecule has 4 aromatic heterocycles. The van der Waals surface area contributed by atoms with Gasteiger partial charge in [-0.15, -0.1) is 35.6 Å². The van der Waals surface area contributed by atoms with Crippen LogP contribution in [0.3, 0.4) is 0 Å². The topological polar surface area (TPSA) is 256 Å². The Morgan fingerprint density at radius 2 is 1.29 bits per heavy atom. The SMILES string of the molecule is Cc1cc([C@H](O)[C@@H](O)CO)cnc1C1=CCNCC1.Cc1ccc(NC(=O)N2CC=C(c3ncc([C@H](O)[C@@H](O)CO)cc3C)CC2)nc1.Cl.ClCCl.O=C(Nc1ccc(C(F)(F)F)cn1)Oc1ccccc1. The fourth-order valence-electron chi connectivity index (χ4n) is 6.83. The number of carbonyl (C=O) groups excluding carboxylic acids is 2. The zero-order valence-corrected chi connectivity index (χ0v) is 41.8. The predicted molar refractivity (Wildman–Crippen MR) is 271 cm³/mol. The maximum atomic E-state index is 12.4. The van der Waals surface area contributed by atoms with Gasteiger partial charge in [-0.1, -0.05) is 36.4 Å². The van der Waals surface area contributed by atoms with Crippen molar-refractivity contribution >= 4 is 70.5 Å². The standard InChI is InChI=1S/C21H26N4O4.C14H20N2O3.C13H9F3N2O2.CH2Cl2.ClH/c1-13-3-4-18(22-10-13)24-21(29)25-7-5-15(6-8-25)19-14(2)9-16(11-23-19)20(28)17(27)12-26;1-9-6-11(14(19)12(18)8-17)7-16-13(9)10-2-4-15-5-3-10;14-13(15,16)9-6-7-11(17-8-9)18-12(19)20-10-4-2-1-3-5-10;2-1-3;/h3-5,9-11,17,20,26-28H,6-8,12H2,1-2H3,(H,22,24,29);2,6-7,12,14-15,17-19H,3-5,8H2,1H3;1-8H,(H,17,18,19);1H2;1H/t17-,20-;12-,14-;;;/m00.../s1. The van der Waals surface area contributed by atoms with Gasteiger partial charge < -0.3 is 45.6 Å². The molecule has 0 saturated carbocycles. The number of hydrogen-bond acceptors (Lipinski definition) is 14. The second kappa shape index (κ2) is 30.3. The number of benzene rings is 1. The van der Waals surface area contributed by atoms with E-state index in [0.717, 1.165) is 65.3 Å². The van der Waals surface area contributed by atoms with Crippen molar-refractivity contribution < 1.29 is 58.1 Å². The summed E-state index contributed by atoms with van der Waals surface area (Å²) in [4.78, 5) is 42.1. The van der Waals surface area contributed by atoms with Crippen LogP contribution < -0.4 is 20.7 Å². The second-order valence-electron chi connectivity index (χ2n) is 15.9. The summed E-state index contributed by atoms with van der Waals surface area (Å²) in [5.74, 6) is 0.808. The third-order valence-electron chi connectivity index (χ3n) is 10.6. The Balaban J connectivity index is 0.000000283. The van der Waals surface area contributed by atoms with Crippen LogP contribution in [0.25, 0.3) is 11.1 Å². The van der Waals surface area contributed by atoms with E-state index in [0.29, 0.717) is 48.4 Å². The van der Waals surface area contributed by atoms with Crippen LogP contribution in [0.15, 0.2) is 104 Å². The number of urea groups is 1. The molecule has 17 nitrogen and oxygen atoms in total. The molecule has 9 N–H and O–H groups in total. The first-order valence-electron chi connectivity index (χ1n) is 22.0. The average Bonchev–Trinajstić information content (AvgIpc) is 3.37. The van der Waals surface area contributed by atoms with Crippen LogP contribution in [-0.4, -0.2) is 125 Å². The predicted octanol–water partition coefficient (Wildman–Crippen LogP) is 7.51. The molecule has 23 heteroatoms. The number of aromatic nitrogens is 4. The van der Waals surface area contributed by atoms with Gasteiger partial charge in [-0.3, -0.25) is 20.6 Å². The van der Waals surface area contributed by atoms with Crippen LogP contribution in [0.1, 0.15) is 69.8 Å². The van der Waals surface area contributed by atoms with Crippen LogP contribution >= 0.6 is 35.6 Å². The number of rotatable bonds is 11. The summed E-state index contributed by atoms with van der Waals surface area (Å²) >= 11 is 9.53. The lowest BCUT2D eigenvalue weighted by Crippen LogP contribution is -2.38. The van der Waals surface area contributed by atoms with Gasteiger partial charge in [-0.05, 0) is 110 Å². The monoisotopic (exact) mass is 1060 g/mol. The Hall–Kier alpha value is -5.78. The lowest BCUT2D eigenvalue weighted by atomic mass is 9.98. The number of anilines is 2. The van der Waals surface area contributed by atoms with Gasteiger partial charge >= 0.3 is 18.3 Å². The maximum Gasteiger partial charge on any atom is 0.418 e. The average molecular weight is 1070 g/mol. The molecule has 0 unspecified atom stereocenters. The third-order valence-corrected chi connectivity index (χ3v) is 10.6. The summed E-state index contributed by atoms with van der Waals surface area (Å²) in [6.45, 7) is 7.57. The number of pyridine rings is 4. The normalized spacial score (nSPS) is 14.8. The Bertz CT molecular complexity index is 2530. The van der Waals surface area contributed by atoms with Crippen LogP contribution in [0.2, 0.25) is 0 Å². The van der Waals surface area contributed by atoms with Gasteiger partial charge in [0.2, 0.25) is 0 Å². The van der Waals surface area contributed by atoms with Crippen molar-refractivity contribution in [2.45, 2.75) is 64.2 Å². The first-order valence-corrected chi connectivity index (χ1v) is 23.1. The molecule has 0 fully saturated rings. The maximum absolute atomic E-state index is 12.4. The zero-order chi connectivity index (χ0) is 52.1. The van der Waals surface area contributed by atoms with E-state index >= 15 is 0 Å². The number of nitrogens with one attached hydrogen (secondary N) is 3. The number of para-hydroxylation sites is 1. The van der Waals surface area contributed by atoms with Crippen LogP contribution in [0.4, 0.5) is 34.4 Å². The van der Waals surface area contributed by atoms with E-state index in [1.165, 1.54) is 11.8 Å². The smallest absolute Gasteiger partial charge is 0.410 e. The largest absolute Gasteiger partial charge is 0.418 e. The van der Waals surface area contributed by atoms with Crippen molar-refractivity contribution in [3.05, 3.63) is 148 Å². The zero-order valence-electron chi connectivity index (χ0n) is 39.4. The first kappa shape index (κ1) is 60.5. The Morgan fingerprint density at radius 3 is 1.74 bits per heavy atom. The van der Waals surface area contributed by atoms with Crippen molar-refractivity contribution in [3.63, 3.8) is 0 Å². The first-order chi connectivity index (χ1) is 33.9. The fraction of sp³-hybridized carbons (Fsp3) is 0.347. The number of amides is 3. The Kier molecular flexibility index (Phi) is 25.5. The van der Waals surface area contributed by atoms with Gasteiger partial charge in [0.25, 0.3) is 0 Å². The number of aliphatic hydroxyl groups is 6. The summed E-state index contributed by atoms with van der Waals surface area (Å²) in [5.41, 5.74) is 6.93. The molecule has 1 aromatic carbocycles. The summed E-state index contributed by atoms with van der Waals surface area (Å²) in [7, 11) is 0. The minimum Gasteiger partial charge on any atom is -0.410 e. The Morgan fingerprint density at radius 1 is 0.750 bits per heavy atom. The molecule has 0 aliphatic carbocycles. The number of nitrogens with zero attached hydrogens (tertiary/aromatic N) is 5. The molecule has 2 aliphatic rings. The van der Waals surface area contributed by atoms with Gasteiger partial charge in [0.05, 0.1) is 35.5 Å². The lowest BCUT2D eigenvalue weighted by Gasteiger charge is -2.27. The van der Waals surface area contributed by atoms with Crippen molar-refractivity contribution in [3.8, 4) is 5.75 Å². The van der Waals surface area contributed by atoms with E-state index in [-0.39, 0.29) is 29.6 Å². The molecular weight excluding hydrogens is 1010 g/mol. The molecule has 0 bridgehead atoms. The van der Waals surface area contributed by atoms with Crippen LogP contribution in [0, 0.1) is 20.8 Å². The Labute approximate surface area is 430 Å². The highest BCUT2D eigenvalue weighted by molar-refractivity contribution is 6.40. The molecule has 0 radical (unpaired) electrons. The van der Waals surface area contributed by atoms with Crippen LogP contribution in [0.5, 0.6) is 5.75 Å². The number of aliphatic hydroxyl groups excluding tert-OH is 6. The summed E-state index contributed by atoms with van der Waals surface area (Å²) in [5, 5.41) is 65.2. The molecule has 4 atom stereocenters. The van der Waals surface area contributed by atoms with Crippen molar-refractivity contribution in [2.75, 3.05) is 55.4 Å². The molecule has 72 heavy (non-hydrogen) atoms. The van der Waals surface area contributed by atoms with Gasteiger partial charge in [0.15, 0.2) is 0 Å². The highest BCUT2D eigenvalue weighted by atomic mass is 35.5. The number of halogens is 6. The molecule has 6 heterocycles. The van der Waals surface area contributed by atoms with E-state index in [1.807, 2.05) is 39.0 Å². The van der Waals surface area contributed by atoms with Crippen molar-refractivity contribution in [1.82, 2.24) is 30.2 Å². The van der Waals surface area contributed by atoms with Gasteiger partial charge in [0.1, 0.15) is 41.8 Å². The molecule has 2 aliphatic heterocycles. The molecular formula is C49H58Cl3F3N8O9. The van der Waals surface area contributed by atoms with E-state index in [9.17, 15) is 43.2 Å². The van der Waals surface area contributed by atoms with Crippen molar-refractivity contribution in [2.24, 2.45) is 0 Å². The summed E-state index contributed by atoms with van der Waals surface area (Å²) in [6, 6.07) is 17.2. The fourth-order valence-corrected chi connectivity index (χ4v) is 6.83. The molecule has 390 valence electrons. The molecule has 0 spiro atoms. The minimum atomic E-state index is -4.46. The lowest BCUT2D eigenvalue weighted by molar-refractivity contribution is -0.137. The number of alkyl halides is 5. The quantitative estimate of drug-likeness (QED) is 0.0581. The molecule has 3 amide bonds. The molecule has 0 saturated heterocycles. The number of aryl methyl sites for hydroxylation is 3. The highest BCUT2D eigenvalue weighted by Crippen LogP contribution is 2.30. The summed E-state index contributed by atoms with van der Waals surface area (Å²) in [6.07, 6.45) is 1.11. The number of hydrogen-bond donors (Lipinski definition) is 9. The third kappa shape index (κ3) is 19.0. The van der Waals surface area contributed by atoms with Gasteiger partial charge in [0, 0.05) is 55.5 Å². The minimum absolute atomic E-state index is 0.